The number of hydrogen-bond acceptors (Lipinski definition) is 5. The smallest absolute Gasteiger partial charge is 0.309 e. The predicted octanol–water partition coefficient (Wildman–Crippen LogP) is 1.27. The summed E-state index contributed by atoms with van der Waals surface area (Å²) in [7, 11) is 1.68. The minimum atomic E-state index is -0.930. The van der Waals surface area contributed by atoms with E-state index in [4.69, 9.17) is 9.47 Å². The van der Waals surface area contributed by atoms with Gasteiger partial charge in [0.15, 0.2) is 11.5 Å². The van der Waals surface area contributed by atoms with Crippen LogP contribution >= 0.6 is 0 Å². The minimum absolute atomic E-state index is 0.0455. The number of aliphatic carboxylic acids is 1. The second-order valence-electron chi connectivity index (χ2n) is 7.72. The highest BCUT2D eigenvalue weighted by Gasteiger charge is 2.55. The maximum absolute atomic E-state index is 12.6. The summed E-state index contributed by atoms with van der Waals surface area (Å²) in [5.41, 5.74) is 0.343. The molecule has 0 aromatic heterocycles. The van der Waals surface area contributed by atoms with Gasteiger partial charge in [0.25, 0.3) is 0 Å². The topological polar surface area (TPSA) is 96.4 Å². The number of amides is 2. The number of ether oxygens (including phenoxy) is 2. The summed E-state index contributed by atoms with van der Waals surface area (Å²) in [5, 5.41) is 9.54. The lowest BCUT2D eigenvalue weighted by Crippen LogP contribution is -2.57. The van der Waals surface area contributed by atoms with Crippen LogP contribution in [0, 0.1) is 5.92 Å². The van der Waals surface area contributed by atoms with E-state index in [-0.39, 0.29) is 25.0 Å². The fourth-order valence-electron chi connectivity index (χ4n) is 4.63. The molecule has 1 atom stereocenters. The molecule has 3 heterocycles. The summed E-state index contributed by atoms with van der Waals surface area (Å²) in [5.74, 6) is -0.282. The van der Waals surface area contributed by atoms with Crippen LogP contribution in [-0.2, 0) is 20.8 Å². The molecule has 2 saturated heterocycles. The molecular formula is C20H24N2O6. The molecular weight excluding hydrogens is 364 g/mol. The number of carboxylic acids is 1. The summed E-state index contributed by atoms with van der Waals surface area (Å²) in [6.07, 6.45) is 2.03. The number of fused-ring (bicyclic) bond motifs is 1. The standard InChI is InChI=1S/C20H24N2O6/c1-21-18(24)11-14(19(25)26)20(21)6-8-22(9-7-20)17(23)5-3-13-2-4-15-16(10-13)28-12-27-15/h2,4,10,14H,3,5-9,11-12H2,1H3,(H,25,26). The Labute approximate surface area is 163 Å². The van der Waals surface area contributed by atoms with Crippen molar-refractivity contribution in [2.75, 3.05) is 26.9 Å². The largest absolute Gasteiger partial charge is 0.481 e. The second-order valence-corrected chi connectivity index (χ2v) is 7.72. The van der Waals surface area contributed by atoms with E-state index in [1.54, 1.807) is 16.8 Å². The number of nitrogens with zero attached hydrogens (tertiary/aromatic N) is 2. The van der Waals surface area contributed by atoms with E-state index in [1.165, 1.54) is 0 Å². The van der Waals surface area contributed by atoms with Crippen LogP contribution in [0.15, 0.2) is 18.2 Å². The molecule has 28 heavy (non-hydrogen) atoms. The fourth-order valence-corrected chi connectivity index (χ4v) is 4.63. The Morgan fingerprint density at radius 2 is 1.93 bits per heavy atom. The van der Waals surface area contributed by atoms with Crippen molar-refractivity contribution in [2.45, 2.75) is 37.6 Å². The maximum Gasteiger partial charge on any atom is 0.309 e. The average molecular weight is 388 g/mol. The van der Waals surface area contributed by atoms with Gasteiger partial charge in [0.05, 0.1) is 11.5 Å². The van der Waals surface area contributed by atoms with E-state index in [2.05, 4.69) is 0 Å². The van der Waals surface area contributed by atoms with E-state index < -0.39 is 17.4 Å². The fraction of sp³-hybridized carbons (Fsp3) is 0.550. The van der Waals surface area contributed by atoms with Crippen molar-refractivity contribution in [1.82, 2.24) is 9.80 Å². The number of likely N-dealkylation sites (tertiary alicyclic amines) is 2. The first-order valence-electron chi connectivity index (χ1n) is 9.56. The second kappa shape index (κ2) is 7.00. The van der Waals surface area contributed by atoms with Crippen LogP contribution in [0.3, 0.4) is 0 Å². The maximum atomic E-state index is 12.6. The molecule has 1 spiro atoms. The van der Waals surface area contributed by atoms with E-state index in [9.17, 15) is 19.5 Å². The first kappa shape index (κ1) is 18.6. The molecule has 2 amide bonds. The van der Waals surface area contributed by atoms with Gasteiger partial charge in [-0.05, 0) is 37.0 Å². The Hall–Kier alpha value is -2.77. The van der Waals surface area contributed by atoms with Crippen molar-refractivity contribution >= 4 is 17.8 Å². The number of carboxylic acid groups (broad SMARTS) is 1. The van der Waals surface area contributed by atoms with E-state index in [0.29, 0.717) is 44.5 Å². The van der Waals surface area contributed by atoms with Crippen LogP contribution in [0.4, 0.5) is 0 Å². The third-order valence-electron chi connectivity index (χ3n) is 6.41. The van der Waals surface area contributed by atoms with Gasteiger partial charge < -0.3 is 24.4 Å². The van der Waals surface area contributed by atoms with Crippen LogP contribution in [0.1, 0.15) is 31.2 Å². The van der Waals surface area contributed by atoms with Crippen LogP contribution in [0.5, 0.6) is 11.5 Å². The highest BCUT2D eigenvalue weighted by Crippen LogP contribution is 2.43. The zero-order valence-electron chi connectivity index (χ0n) is 15.8. The molecule has 2 fully saturated rings. The number of piperidine rings is 1. The Kier molecular flexibility index (Phi) is 4.64. The molecule has 0 aliphatic carbocycles. The van der Waals surface area contributed by atoms with Gasteiger partial charge in [-0.3, -0.25) is 14.4 Å². The van der Waals surface area contributed by atoms with Crippen molar-refractivity contribution in [3.05, 3.63) is 23.8 Å². The van der Waals surface area contributed by atoms with Gasteiger partial charge in [-0.25, -0.2) is 0 Å². The summed E-state index contributed by atoms with van der Waals surface area (Å²) >= 11 is 0. The molecule has 0 radical (unpaired) electrons. The van der Waals surface area contributed by atoms with Gasteiger partial charge >= 0.3 is 5.97 Å². The van der Waals surface area contributed by atoms with E-state index in [0.717, 1.165) is 11.3 Å². The van der Waals surface area contributed by atoms with Crippen molar-refractivity contribution < 1.29 is 29.0 Å². The number of benzene rings is 1. The lowest BCUT2D eigenvalue weighted by Gasteiger charge is -2.45. The summed E-state index contributed by atoms with van der Waals surface area (Å²) < 4.78 is 10.7. The number of hydrogen-bond donors (Lipinski definition) is 1. The van der Waals surface area contributed by atoms with Crippen LogP contribution < -0.4 is 9.47 Å². The number of aryl methyl sites for hydroxylation is 1. The third-order valence-corrected chi connectivity index (χ3v) is 6.41. The van der Waals surface area contributed by atoms with Crippen molar-refractivity contribution in [1.29, 1.82) is 0 Å². The third kappa shape index (κ3) is 3.06. The first-order chi connectivity index (χ1) is 13.4. The summed E-state index contributed by atoms with van der Waals surface area (Å²) in [6.45, 7) is 1.17. The molecule has 3 aliphatic heterocycles. The number of carbonyl (C=O) groups is 3. The van der Waals surface area contributed by atoms with Gasteiger partial charge in [-0.1, -0.05) is 6.07 Å². The molecule has 3 aliphatic rings. The summed E-state index contributed by atoms with van der Waals surface area (Å²) in [6, 6.07) is 5.69. The van der Waals surface area contributed by atoms with Gasteiger partial charge in [0.1, 0.15) is 0 Å². The molecule has 1 aromatic rings. The van der Waals surface area contributed by atoms with Crippen molar-refractivity contribution in [3.63, 3.8) is 0 Å². The molecule has 1 N–H and O–H groups in total. The lowest BCUT2D eigenvalue weighted by atomic mass is 9.77. The van der Waals surface area contributed by atoms with Gasteiger partial charge in [-0.15, -0.1) is 0 Å². The molecule has 150 valence electrons. The zero-order chi connectivity index (χ0) is 19.9. The molecule has 0 bridgehead atoms. The lowest BCUT2D eigenvalue weighted by molar-refractivity contribution is -0.147. The highest BCUT2D eigenvalue weighted by atomic mass is 16.7. The molecule has 0 saturated carbocycles. The normalized spacial score (nSPS) is 22.8. The Balaban J connectivity index is 1.35. The molecule has 1 aromatic carbocycles. The molecule has 8 heteroatoms. The van der Waals surface area contributed by atoms with Crippen molar-refractivity contribution in [3.8, 4) is 11.5 Å². The summed E-state index contributed by atoms with van der Waals surface area (Å²) in [4.78, 5) is 39.7. The highest BCUT2D eigenvalue weighted by molar-refractivity contribution is 5.88. The molecule has 4 rings (SSSR count). The van der Waals surface area contributed by atoms with Gasteiger partial charge in [-0.2, -0.15) is 0 Å². The van der Waals surface area contributed by atoms with E-state index >= 15 is 0 Å². The average Bonchev–Trinajstić information content (AvgIpc) is 3.25. The first-order valence-corrected chi connectivity index (χ1v) is 9.56. The Morgan fingerprint density at radius 1 is 1.21 bits per heavy atom. The Bertz CT molecular complexity index is 815. The van der Waals surface area contributed by atoms with Crippen LogP contribution in [0.2, 0.25) is 0 Å². The van der Waals surface area contributed by atoms with Gasteiger partial charge in [0.2, 0.25) is 18.6 Å². The minimum Gasteiger partial charge on any atom is -0.481 e. The predicted molar refractivity (Wildman–Crippen MR) is 97.9 cm³/mol. The molecule has 1 unspecified atom stereocenters. The molecule has 8 nitrogen and oxygen atoms in total. The quantitative estimate of drug-likeness (QED) is 0.835. The van der Waals surface area contributed by atoms with Crippen LogP contribution in [-0.4, -0.2) is 65.2 Å². The van der Waals surface area contributed by atoms with Gasteiger partial charge in [0, 0.05) is 33.0 Å². The number of rotatable bonds is 4. The Morgan fingerprint density at radius 3 is 2.64 bits per heavy atom. The zero-order valence-corrected chi connectivity index (χ0v) is 15.8. The monoisotopic (exact) mass is 388 g/mol. The van der Waals surface area contributed by atoms with Crippen molar-refractivity contribution in [2.24, 2.45) is 5.92 Å². The van der Waals surface area contributed by atoms with Crippen LogP contribution in [0.25, 0.3) is 0 Å². The SMILES string of the molecule is CN1C(=O)CC(C(=O)O)C12CCN(C(=O)CCc1ccc3c(c1)OCO3)CC2. The number of carbonyl (C=O) groups excluding carboxylic acids is 2. The van der Waals surface area contributed by atoms with E-state index in [1.807, 2.05) is 18.2 Å².